The van der Waals surface area contributed by atoms with E-state index in [0.29, 0.717) is 11.0 Å². The summed E-state index contributed by atoms with van der Waals surface area (Å²) in [7, 11) is -2.07. The molecule has 0 saturated carbocycles. The second kappa shape index (κ2) is 6.49. The average Bonchev–Trinajstić information content (AvgIpc) is 2.34. The molecular formula is C12H17BrN2O3S. The minimum atomic E-state index is -3.69. The lowest BCUT2D eigenvalue weighted by Crippen LogP contribution is -2.38. The molecule has 0 aliphatic carbocycles. The Labute approximate surface area is 122 Å². The summed E-state index contributed by atoms with van der Waals surface area (Å²) in [6.45, 7) is 3.99. The van der Waals surface area contributed by atoms with Gasteiger partial charge in [0.25, 0.3) is 0 Å². The smallest absolute Gasteiger partial charge is 0.242 e. The molecule has 0 aliphatic rings. The molecule has 1 N–H and O–H groups in total. The van der Waals surface area contributed by atoms with Crippen molar-refractivity contribution in [3.8, 4) is 0 Å². The molecule has 0 aromatic heterocycles. The summed E-state index contributed by atoms with van der Waals surface area (Å²) in [5, 5.41) is 0. The van der Waals surface area contributed by atoms with Crippen LogP contribution in [0, 0.1) is 6.92 Å². The van der Waals surface area contributed by atoms with Crippen molar-refractivity contribution in [1.82, 2.24) is 9.62 Å². The second-order valence-corrected chi connectivity index (χ2v) is 6.76. The maximum absolute atomic E-state index is 12.1. The van der Waals surface area contributed by atoms with Crippen LogP contribution < -0.4 is 4.72 Å². The molecule has 0 atom stereocenters. The van der Waals surface area contributed by atoms with E-state index in [4.69, 9.17) is 0 Å². The molecule has 0 radical (unpaired) electrons. The molecule has 0 fully saturated rings. The third-order valence-corrected chi connectivity index (χ3v) is 5.07. The van der Waals surface area contributed by atoms with Crippen LogP contribution in [0.15, 0.2) is 27.6 Å². The number of hydrogen-bond acceptors (Lipinski definition) is 3. The molecule has 0 bridgehead atoms. The largest absolute Gasteiger partial charge is 0.345 e. The highest BCUT2D eigenvalue weighted by molar-refractivity contribution is 9.10. The fourth-order valence-corrected chi connectivity index (χ4v) is 3.53. The zero-order valence-electron chi connectivity index (χ0n) is 11.1. The van der Waals surface area contributed by atoms with Gasteiger partial charge in [0.15, 0.2) is 0 Å². The van der Waals surface area contributed by atoms with E-state index in [9.17, 15) is 13.2 Å². The quantitative estimate of drug-likeness (QED) is 0.876. The number of carbonyl (C=O) groups excluding carboxylic acids is 1. The van der Waals surface area contributed by atoms with Crippen LogP contribution in [0.3, 0.4) is 0 Å². The Bertz CT molecular complexity index is 572. The highest BCUT2D eigenvalue weighted by atomic mass is 79.9. The topological polar surface area (TPSA) is 66.5 Å². The summed E-state index contributed by atoms with van der Waals surface area (Å²) in [4.78, 5) is 13.2. The zero-order chi connectivity index (χ0) is 14.6. The SMILES string of the molecule is CCN(C)C(=O)CNS(=O)(=O)c1ccc(C)cc1Br. The molecule has 0 aliphatic heterocycles. The van der Waals surface area contributed by atoms with Crippen molar-refractivity contribution >= 4 is 31.9 Å². The summed E-state index contributed by atoms with van der Waals surface area (Å²) in [6.07, 6.45) is 0. The van der Waals surface area contributed by atoms with Crippen LogP contribution >= 0.6 is 15.9 Å². The van der Waals surface area contributed by atoms with Crippen LogP contribution in [0.1, 0.15) is 12.5 Å². The fourth-order valence-electron chi connectivity index (χ4n) is 1.37. The normalized spacial score (nSPS) is 11.4. The molecule has 1 rings (SSSR count). The molecule has 5 nitrogen and oxygen atoms in total. The Kier molecular flexibility index (Phi) is 5.51. The van der Waals surface area contributed by atoms with Crippen molar-refractivity contribution in [3.63, 3.8) is 0 Å². The summed E-state index contributed by atoms with van der Waals surface area (Å²) < 4.78 is 26.9. The van der Waals surface area contributed by atoms with Crippen LogP contribution in [-0.2, 0) is 14.8 Å². The number of aryl methyl sites for hydroxylation is 1. The molecule has 19 heavy (non-hydrogen) atoms. The number of halogens is 1. The van der Waals surface area contributed by atoms with Gasteiger partial charge in [-0.1, -0.05) is 6.07 Å². The molecule has 106 valence electrons. The van der Waals surface area contributed by atoms with Gasteiger partial charge in [0.1, 0.15) is 0 Å². The van der Waals surface area contributed by atoms with E-state index in [1.165, 1.54) is 11.0 Å². The molecule has 0 heterocycles. The summed E-state index contributed by atoms with van der Waals surface area (Å²) in [5.74, 6) is -0.269. The maximum Gasteiger partial charge on any atom is 0.242 e. The first kappa shape index (κ1) is 16.1. The van der Waals surface area contributed by atoms with Crippen molar-refractivity contribution in [2.45, 2.75) is 18.7 Å². The molecule has 1 amide bonds. The number of sulfonamides is 1. The standard InChI is InChI=1S/C12H17BrN2O3S/c1-4-15(3)12(16)8-14-19(17,18)11-6-5-9(2)7-10(11)13/h5-7,14H,4,8H2,1-3H3. The van der Waals surface area contributed by atoms with Crippen molar-refractivity contribution in [2.75, 3.05) is 20.1 Å². The van der Waals surface area contributed by atoms with Gasteiger partial charge in [0.2, 0.25) is 15.9 Å². The first-order chi connectivity index (χ1) is 8.77. The fraction of sp³-hybridized carbons (Fsp3) is 0.417. The third kappa shape index (κ3) is 4.29. The summed E-state index contributed by atoms with van der Waals surface area (Å²) in [5.41, 5.74) is 0.951. The monoisotopic (exact) mass is 348 g/mol. The maximum atomic E-state index is 12.1. The Hall–Kier alpha value is -0.920. The van der Waals surface area contributed by atoms with Crippen LogP contribution in [0.4, 0.5) is 0 Å². The number of hydrogen-bond donors (Lipinski definition) is 1. The van der Waals surface area contributed by atoms with Gasteiger partial charge in [-0.05, 0) is 47.5 Å². The predicted molar refractivity (Wildman–Crippen MR) is 77.4 cm³/mol. The predicted octanol–water partition coefficient (Wildman–Crippen LogP) is 1.51. The number of carbonyl (C=O) groups is 1. The van der Waals surface area contributed by atoms with Crippen LogP contribution in [0.25, 0.3) is 0 Å². The van der Waals surface area contributed by atoms with E-state index in [1.54, 1.807) is 19.2 Å². The van der Waals surface area contributed by atoms with Crippen LogP contribution in [0.5, 0.6) is 0 Å². The summed E-state index contributed by atoms with van der Waals surface area (Å²) in [6, 6.07) is 4.93. The van der Waals surface area contributed by atoms with Crippen molar-refractivity contribution in [1.29, 1.82) is 0 Å². The zero-order valence-corrected chi connectivity index (χ0v) is 13.5. The van der Waals surface area contributed by atoms with Gasteiger partial charge in [-0.2, -0.15) is 0 Å². The number of benzene rings is 1. The second-order valence-electron chi connectivity index (χ2n) is 4.17. The van der Waals surface area contributed by atoms with Gasteiger partial charge in [-0.25, -0.2) is 13.1 Å². The number of amides is 1. The van der Waals surface area contributed by atoms with Gasteiger partial charge < -0.3 is 4.90 Å². The number of likely N-dealkylation sites (N-methyl/N-ethyl adjacent to an activating group) is 1. The van der Waals surface area contributed by atoms with Gasteiger partial charge >= 0.3 is 0 Å². The molecule has 1 aromatic carbocycles. The Balaban J connectivity index is 2.85. The lowest BCUT2D eigenvalue weighted by molar-refractivity contribution is -0.128. The van der Waals surface area contributed by atoms with Crippen LogP contribution in [-0.4, -0.2) is 39.4 Å². The van der Waals surface area contributed by atoms with Crippen molar-refractivity contribution in [3.05, 3.63) is 28.2 Å². The average molecular weight is 349 g/mol. The molecular weight excluding hydrogens is 332 g/mol. The van der Waals surface area contributed by atoms with E-state index in [1.807, 2.05) is 13.8 Å². The van der Waals surface area contributed by atoms with Gasteiger partial charge in [0, 0.05) is 18.1 Å². The Morgan fingerprint density at radius 1 is 1.42 bits per heavy atom. The number of rotatable bonds is 5. The van der Waals surface area contributed by atoms with Crippen molar-refractivity contribution in [2.24, 2.45) is 0 Å². The van der Waals surface area contributed by atoms with Crippen LogP contribution in [0.2, 0.25) is 0 Å². The third-order valence-electron chi connectivity index (χ3n) is 2.69. The molecule has 0 unspecified atom stereocenters. The highest BCUT2D eigenvalue weighted by Crippen LogP contribution is 2.22. The van der Waals surface area contributed by atoms with E-state index < -0.39 is 10.0 Å². The summed E-state index contributed by atoms with van der Waals surface area (Å²) >= 11 is 3.22. The van der Waals surface area contributed by atoms with E-state index >= 15 is 0 Å². The van der Waals surface area contributed by atoms with Gasteiger partial charge in [-0.15, -0.1) is 0 Å². The van der Waals surface area contributed by atoms with Gasteiger partial charge in [0.05, 0.1) is 11.4 Å². The first-order valence-corrected chi connectivity index (χ1v) is 8.05. The van der Waals surface area contributed by atoms with E-state index in [-0.39, 0.29) is 17.3 Å². The number of nitrogens with one attached hydrogen (secondary N) is 1. The van der Waals surface area contributed by atoms with E-state index in [2.05, 4.69) is 20.7 Å². The Morgan fingerprint density at radius 3 is 2.58 bits per heavy atom. The van der Waals surface area contributed by atoms with Gasteiger partial charge in [-0.3, -0.25) is 4.79 Å². The molecule has 0 spiro atoms. The minimum Gasteiger partial charge on any atom is -0.345 e. The lowest BCUT2D eigenvalue weighted by atomic mass is 10.2. The van der Waals surface area contributed by atoms with Crippen molar-refractivity contribution < 1.29 is 13.2 Å². The molecule has 1 aromatic rings. The lowest BCUT2D eigenvalue weighted by Gasteiger charge is -2.15. The minimum absolute atomic E-state index is 0.130. The number of nitrogens with zero attached hydrogens (tertiary/aromatic N) is 1. The van der Waals surface area contributed by atoms with E-state index in [0.717, 1.165) is 5.56 Å². The Morgan fingerprint density at radius 2 is 2.05 bits per heavy atom. The first-order valence-electron chi connectivity index (χ1n) is 5.77. The molecule has 0 saturated heterocycles. The molecule has 7 heteroatoms. The highest BCUT2D eigenvalue weighted by Gasteiger charge is 2.19.